The maximum Gasteiger partial charge on any atom is 0.325 e. The van der Waals surface area contributed by atoms with Crippen LogP contribution in [0.3, 0.4) is 0 Å². The number of hydrogen-bond donors (Lipinski definition) is 0. The number of amides is 1. The Kier molecular flexibility index (Phi) is 5.46. The van der Waals surface area contributed by atoms with Crippen LogP contribution in [0.2, 0.25) is 0 Å². The highest BCUT2D eigenvalue weighted by Gasteiger charge is 2.16. The second kappa shape index (κ2) is 7.33. The van der Waals surface area contributed by atoms with E-state index in [0.29, 0.717) is 6.61 Å². The second-order valence-corrected chi connectivity index (χ2v) is 6.03. The number of thiazole rings is 1. The number of aromatic nitrogens is 1. The number of carbonyl (C=O) groups excluding carboxylic acids is 2. The molecular weight excluding hydrogens is 308 g/mol. The molecule has 0 saturated heterocycles. The van der Waals surface area contributed by atoms with Crippen molar-refractivity contribution in [1.29, 1.82) is 0 Å². The van der Waals surface area contributed by atoms with Gasteiger partial charge in [0.2, 0.25) is 5.91 Å². The van der Waals surface area contributed by atoms with E-state index in [1.54, 1.807) is 25.3 Å². The third-order valence-corrected chi connectivity index (χ3v) is 4.37. The molecule has 21 heavy (non-hydrogen) atoms. The predicted octanol–water partition coefficient (Wildman–Crippen LogP) is 2.44. The van der Waals surface area contributed by atoms with Crippen molar-refractivity contribution < 1.29 is 14.3 Å². The number of likely N-dealkylation sites (N-methyl/N-ethyl adjacent to an activating group) is 1. The molecule has 0 aliphatic rings. The minimum absolute atomic E-state index is 0.0335. The van der Waals surface area contributed by atoms with Gasteiger partial charge in [-0.05, 0) is 18.4 Å². The van der Waals surface area contributed by atoms with Crippen molar-refractivity contribution in [2.75, 3.05) is 20.2 Å². The van der Waals surface area contributed by atoms with Gasteiger partial charge in [-0.15, -0.1) is 11.3 Å². The molecule has 0 aliphatic heterocycles. The van der Waals surface area contributed by atoms with E-state index in [9.17, 15) is 9.59 Å². The molecule has 112 valence electrons. The maximum absolute atomic E-state index is 12.0. The van der Waals surface area contributed by atoms with Crippen molar-refractivity contribution in [2.24, 2.45) is 0 Å². The van der Waals surface area contributed by atoms with Gasteiger partial charge in [0.05, 0.1) is 18.7 Å². The minimum atomic E-state index is -0.398. The van der Waals surface area contributed by atoms with Gasteiger partial charge in [-0.1, -0.05) is 0 Å². The number of nitrogens with zero attached hydrogens (tertiary/aromatic N) is 2. The Balaban J connectivity index is 1.92. The first-order valence-electron chi connectivity index (χ1n) is 6.46. The summed E-state index contributed by atoms with van der Waals surface area (Å²) in [6, 6.07) is 2.00. The molecule has 1 amide bonds. The van der Waals surface area contributed by atoms with E-state index in [4.69, 9.17) is 4.74 Å². The molecule has 0 atom stereocenters. The lowest BCUT2D eigenvalue weighted by molar-refractivity contribution is -0.147. The van der Waals surface area contributed by atoms with Crippen LogP contribution in [0.1, 0.15) is 12.6 Å². The third kappa shape index (κ3) is 4.37. The van der Waals surface area contributed by atoms with Gasteiger partial charge in [-0.3, -0.25) is 9.59 Å². The van der Waals surface area contributed by atoms with E-state index >= 15 is 0 Å². The molecule has 0 bridgehead atoms. The fourth-order valence-electron chi connectivity index (χ4n) is 1.69. The van der Waals surface area contributed by atoms with Crippen molar-refractivity contribution in [2.45, 2.75) is 13.3 Å². The van der Waals surface area contributed by atoms with Crippen molar-refractivity contribution in [1.82, 2.24) is 9.88 Å². The molecule has 0 saturated carbocycles. The third-order valence-electron chi connectivity index (χ3n) is 2.75. The number of hydrogen-bond acceptors (Lipinski definition) is 6. The molecule has 0 unspecified atom stereocenters. The Hall–Kier alpha value is -1.73. The van der Waals surface area contributed by atoms with Crippen LogP contribution in [0.4, 0.5) is 0 Å². The molecule has 0 aliphatic carbocycles. The van der Waals surface area contributed by atoms with Crippen molar-refractivity contribution in [3.63, 3.8) is 0 Å². The SMILES string of the molecule is CCOC(=O)CN(C)C(=O)Cc1csc(-c2ccsc2)n1. The molecule has 0 fully saturated rings. The minimum Gasteiger partial charge on any atom is -0.465 e. The fourth-order valence-corrected chi connectivity index (χ4v) is 3.22. The molecule has 2 aromatic rings. The molecule has 0 radical (unpaired) electrons. The predicted molar refractivity (Wildman–Crippen MR) is 83.4 cm³/mol. The normalized spacial score (nSPS) is 10.4. The lowest BCUT2D eigenvalue weighted by Crippen LogP contribution is -2.34. The molecule has 5 nitrogen and oxygen atoms in total. The van der Waals surface area contributed by atoms with Crippen LogP contribution < -0.4 is 0 Å². The van der Waals surface area contributed by atoms with Gasteiger partial charge in [-0.2, -0.15) is 11.3 Å². The van der Waals surface area contributed by atoms with Crippen LogP contribution in [-0.2, 0) is 20.7 Å². The van der Waals surface area contributed by atoms with Crippen LogP contribution >= 0.6 is 22.7 Å². The zero-order chi connectivity index (χ0) is 15.2. The lowest BCUT2D eigenvalue weighted by Gasteiger charge is -2.15. The van der Waals surface area contributed by atoms with Crippen molar-refractivity contribution >= 4 is 34.6 Å². The van der Waals surface area contributed by atoms with E-state index < -0.39 is 5.97 Å². The van der Waals surface area contributed by atoms with Gasteiger partial charge in [0.15, 0.2) is 0 Å². The standard InChI is InChI=1S/C14H16N2O3S2/c1-3-19-13(18)7-16(2)12(17)6-11-9-21-14(15-11)10-4-5-20-8-10/h4-5,8-9H,3,6-7H2,1-2H3. The van der Waals surface area contributed by atoms with Gasteiger partial charge >= 0.3 is 5.97 Å². The maximum atomic E-state index is 12.0. The molecule has 2 heterocycles. The smallest absolute Gasteiger partial charge is 0.325 e. The molecule has 0 N–H and O–H groups in total. The largest absolute Gasteiger partial charge is 0.465 e. The van der Waals surface area contributed by atoms with Gasteiger partial charge in [0.25, 0.3) is 0 Å². The Morgan fingerprint density at radius 1 is 1.38 bits per heavy atom. The van der Waals surface area contributed by atoms with Gasteiger partial charge in [-0.25, -0.2) is 4.98 Å². The average molecular weight is 324 g/mol. The highest BCUT2D eigenvalue weighted by atomic mass is 32.1. The first-order chi connectivity index (χ1) is 10.1. The van der Waals surface area contributed by atoms with E-state index in [-0.39, 0.29) is 18.9 Å². The van der Waals surface area contributed by atoms with E-state index in [2.05, 4.69) is 4.98 Å². The zero-order valence-electron chi connectivity index (χ0n) is 11.9. The number of rotatable bonds is 6. The van der Waals surface area contributed by atoms with E-state index in [0.717, 1.165) is 16.3 Å². The molecule has 2 aromatic heterocycles. The van der Waals surface area contributed by atoms with Crippen molar-refractivity contribution in [3.8, 4) is 10.6 Å². The van der Waals surface area contributed by atoms with Crippen LogP contribution in [0.5, 0.6) is 0 Å². The molecule has 0 aromatic carbocycles. The van der Waals surface area contributed by atoms with Gasteiger partial charge in [0, 0.05) is 23.4 Å². The Morgan fingerprint density at radius 2 is 2.19 bits per heavy atom. The van der Waals surface area contributed by atoms with Crippen molar-refractivity contribution in [3.05, 3.63) is 27.9 Å². The summed E-state index contributed by atoms with van der Waals surface area (Å²) in [4.78, 5) is 29.2. The fraction of sp³-hybridized carbons (Fsp3) is 0.357. The van der Waals surface area contributed by atoms with E-state index in [1.165, 1.54) is 16.2 Å². The Morgan fingerprint density at radius 3 is 2.86 bits per heavy atom. The summed E-state index contributed by atoms with van der Waals surface area (Å²) >= 11 is 3.13. The number of carbonyl (C=O) groups is 2. The summed E-state index contributed by atoms with van der Waals surface area (Å²) in [5.74, 6) is -0.546. The highest BCUT2D eigenvalue weighted by molar-refractivity contribution is 7.14. The van der Waals surface area contributed by atoms with Crippen LogP contribution in [0.15, 0.2) is 22.2 Å². The molecule has 0 spiro atoms. The first-order valence-corrected chi connectivity index (χ1v) is 8.29. The Bertz CT molecular complexity index is 608. The summed E-state index contributed by atoms with van der Waals surface area (Å²) in [5, 5.41) is 6.81. The zero-order valence-corrected chi connectivity index (χ0v) is 13.5. The number of esters is 1. The molecule has 7 heteroatoms. The summed E-state index contributed by atoms with van der Waals surface area (Å²) in [7, 11) is 1.59. The van der Waals surface area contributed by atoms with Crippen LogP contribution in [0, 0.1) is 0 Å². The summed E-state index contributed by atoms with van der Waals surface area (Å²) in [6.45, 7) is 2.02. The molecular formula is C14H16N2O3S2. The lowest BCUT2D eigenvalue weighted by atomic mass is 10.3. The molecule has 2 rings (SSSR count). The number of thiophene rings is 1. The van der Waals surface area contributed by atoms with Gasteiger partial charge < -0.3 is 9.64 Å². The first kappa shape index (κ1) is 15.7. The quantitative estimate of drug-likeness (QED) is 0.766. The Labute approximate surface area is 131 Å². The monoisotopic (exact) mass is 324 g/mol. The van der Waals surface area contributed by atoms with E-state index in [1.807, 2.05) is 22.2 Å². The van der Waals surface area contributed by atoms with Gasteiger partial charge in [0.1, 0.15) is 11.6 Å². The average Bonchev–Trinajstić information content (AvgIpc) is 3.08. The number of ether oxygens (including phenoxy) is 1. The highest BCUT2D eigenvalue weighted by Crippen LogP contribution is 2.25. The summed E-state index contributed by atoms with van der Waals surface area (Å²) in [6.07, 6.45) is 0.191. The van der Waals surface area contributed by atoms with Crippen LogP contribution in [-0.4, -0.2) is 42.0 Å². The summed E-state index contributed by atoms with van der Waals surface area (Å²) in [5.41, 5.74) is 1.80. The topological polar surface area (TPSA) is 59.5 Å². The van der Waals surface area contributed by atoms with Crippen LogP contribution in [0.25, 0.3) is 10.6 Å². The summed E-state index contributed by atoms with van der Waals surface area (Å²) < 4.78 is 4.82. The second-order valence-electron chi connectivity index (χ2n) is 4.39.